The summed E-state index contributed by atoms with van der Waals surface area (Å²) in [6.07, 6.45) is 1.27. The molecule has 0 saturated carbocycles. The summed E-state index contributed by atoms with van der Waals surface area (Å²) in [5.74, 6) is 2.00. The summed E-state index contributed by atoms with van der Waals surface area (Å²) >= 11 is 0. The lowest BCUT2D eigenvalue weighted by Gasteiger charge is -2.34. The maximum atomic E-state index is 12.9. The fourth-order valence-corrected chi connectivity index (χ4v) is 3.47. The zero-order chi connectivity index (χ0) is 22.1. The Kier molecular flexibility index (Phi) is 8.71. The topological polar surface area (TPSA) is 42.0 Å². The van der Waals surface area contributed by atoms with Crippen molar-refractivity contribution in [3.05, 3.63) is 59.9 Å². The van der Waals surface area contributed by atoms with Gasteiger partial charge in [0.2, 0.25) is 5.91 Å². The minimum atomic E-state index is -0.263. The molecule has 2 aromatic rings. The Balaban J connectivity index is 1.32. The second kappa shape index (κ2) is 11.7. The monoisotopic (exact) mass is 428 g/mol. The summed E-state index contributed by atoms with van der Waals surface area (Å²) in [5.41, 5.74) is 1.15. The van der Waals surface area contributed by atoms with Gasteiger partial charge in [0, 0.05) is 39.1 Å². The summed E-state index contributed by atoms with van der Waals surface area (Å²) in [4.78, 5) is 16.8. The number of piperazine rings is 1. The van der Waals surface area contributed by atoms with Crippen molar-refractivity contribution < 1.29 is 18.7 Å². The quantitative estimate of drug-likeness (QED) is 0.573. The first-order valence-electron chi connectivity index (χ1n) is 11.1. The molecule has 31 heavy (non-hydrogen) atoms. The third-order valence-corrected chi connectivity index (χ3v) is 5.35. The largest absolute Gasteiger partial charge is 0.493 e. The molecule has 0 atom stereocenters. The lowest BCUT2D eigenvalue weighted by atomic mass is 10.1. The molecule has 0 bridgehead atoms. The Morgan fingerprint density at radius 2 is 1.55 bits per heavy atom. The first-order chi connectivity index (χ1) is 15.0. The standard InChI is InChI=1S/C25H33FN2O3/c1-20(2)19-31-24-8-3-21(4-9-24)5-12-25(29)28-15-13-27(14-16-28)17-18-30-23-10-6-22(26)7-11-23/h3-4,6-11,20H,5,12-19H2,1-2H3. The Morgan fingerprint density at radius 3 is 2.19 bits per heavy atom. The number of amides is 1. The number of benzene rings is 2. The molecule has 2 aromatic carbocycles. The zero-order valence-corrected chi connectivity index (χ0v) is 18.6. The van der Waals surface area contributed by atoms with Gasteiger partial charge in [0.25, 0.3) is 0 Å². The number of rotatable bonds is 10. The van der Waals surface area contributed by atoms with E-state index in [0.717, 1.165) is 50.5 Å². The van der Waals surface area contributed by atoms with Gasteiger partial charge < -0.3 is 14.4 Å². The van der Waals surface area contributed by atoms with Crippen molar-refractivity contribution in [1.29, 1.82) is 0 Å². The number of aryl methyl sites for hydroxylation is 1. The lowest BCUT2D eigenvalue weighted by molar-refractivity contribution is -0.132. The van der Waals surface area contributed by atoms with Crippen LogP contribution in [0.2, 0.25) is 0 Å². The van der Waals surface area contributed by atoms with Crippen LogP contribution in [0.1, 0.15) is 25.8 Å². The molecule has 5 nitrogen and oxygen atoms in total. The summed E-state index contributed by atoms with van der Waals surface area (Å²) in [5, 5.41) is 0. The second-order valence-corrected chi connectivity index (χ2v) is 8.37. The number of carbonyl (C=O) groups is 1. The molecule has 0 N–H and O–H groups in total. The molecular formula is C25H33FN2O3. The Labute approximate surface area is 184 Å². The molecule has 0 aliphatic carbocycles. The van der Waals surface area contributed by atoms with Gasteiger partial charge in [0.05, 0.1) is 6.61 Å². The first-order valence-corrected chi connectivity index (χ1v) is 11.1. The summed E-state index contributed by atoms with van der Waals surface area (Å²) in [7, 11) is 0. The third-order valence-electron chi connectivity index (χ3n) is 5.35. The predicted octanol–water partition coefficient (Wildman–Crippen LogP) is 4.02. The van der Waals surface area contributed by atoms with Crippen LogP contribution < -0.4 is 9.47 Å². The molecule has 3 rings (SSSR count). The van der Waals surface area contributed by atoms with E-state index in [4.69, 9.17) is 9.47 Å². The Morgan fingerprint density at radius 1 is 0.935 bits per heavy atom. The smallest absolute Gasteiger partial charge is 0.222 e. The molecule has 0 unspecified atom stereocenters. The van der Waals surface area contributed by atoms with E-state index < -0.39 is 0 Å². The maximum Gasteiger partial charge on any atom is 0.222 e. The minimum Gasteiger partial charge on any atom is -0.493 e. The van der Waals surface area contributed by atoms with Gasteiger partial charge in [0.15, 0.2) is 0 Å². The summed E-state index contributed by atoms with van der Waals surface area (Å²) in [6, 6.07) is 14.1. The van der Waals surface area contributed by atoms with Crippen LogP contribution in [0, 0.1) is 11.7 Å². The van der Waals surface area contributed by atoms with Crippen LogP contribution in [-0.4, -0.2) is 61.6 Å². The van der Waals surface area contributed by atoms with Crippen molar-refractivity contribution in [2.45, 2.75) is 26.7 Å². The number of halogens is 1. The first kappa shape index (κ1) is 23.1. The van der Waals surface area contributed by atoms with Crippen molar-refractivity contribution in [2.75, 3.05) is 45.9 Å². The minimum absolute atomic E-state index is 0.211. The lowest BCUT2D eigenvalue weighted by Crippen LogP contribution is -2.49. The Bertz CT molecular complexity index is 801. The molecule has 0 spiro atoms. The molecule has 0 aromatic heterocycles. The number of carbonyl (C=O) groups excluding carboxylic acids is 1. The fourth-order valence-electron chi connectivity index (χ4n) is 3.47. The van der Waals surface area contributed by atoms with Crippen molar-refractivity contribution in [2.24, 2.45) is 5.92 Å². The average Bonchev–Trinajstić information content (AvgIpc) is 2.78. The zero-order valence-electron chi connectivity index (χ0n) is 18.6. The molecule has 0 radical (unpaired) electrons. The highest BCUT2D eigenvalue weighted by molar-refractivity contribution is 5.76. The molecule has 1 aliphatic heterocycles. The Hall–Kier alpha value is -2.60. The van der Waals surface area contributed by atoms with Crippen molar-refractivity contribution in [1.82, 2.24) is 9.80 Å². The average molecular weight is 429 g/mol. The molecule has 1 heterocycles. The fraction of sp³-hybridized carbons (Fsp3) is 0.480. The van der Waals surface area contributed by atoms with Crippen LogP contribution in [0.15, 0.2) is 48.5 Å². The number of hydrogen-bond donors (Lipinski definition) is 0. The normalized spacial score (nSPS) is 14.6. The van der Waals surface area contributed by atoms with Crippen LogP contribution in [0.4, 0.5) is 4.39 Å². The molecule has 6 heteroatoms. The number of hydrogen-bond acceptors (Lipinski definition) is 4. The molecule has 1 fully saturated rings. The molecule has 1 saturated heterocycles. The van der Waals surface area contributed by atoms with Crippen LogP contribution in [0.25, 0.3) is 0 Å². The predicted molar refractivity (Wildman–Crippen MR) is 120 cm³/mol. The van der Waals surface area contributed by atoms with Crippen molar-refractivity contribution >= 4 is 5.91 Å². The van der Waals surface area contributed by atoms with Crippen LogP contribution in [0.3, 0.4) is 0 Å². The van der Waals surface area contributed by atoms with Gasteiger partial charge in [-0.25, -0.2) is 4.39 Å². The number of nitrogens with zero attached hydrogens (tertiary/aromatic N) is 2. The summed E-state index contributed by atoms with van der Waals surface area (Å²) < 4.78 is 24.3. The van der Waals surface area contributed by atoms with Crippen LogP contribution in [-0.2, 0) is 11.2 Å². The molecule has 1 amide bonds. The van der Waals surface area contributed by atoms with E-state index in [0.29, 0.717) is 31.3 Å². The highest BCUT2D eigenvalue weighted by Gasteiger charge is 2.20. The van der Waals surface area contributed by atoms with Gasteiger partial charge >= 0.3 is 0 Å². The van der Waals surface area contributed by atoms with E-state index >= 15 is 0 Å². The van der Waals surface area contributed by atoms with Crippen molar-refractivity contribution in [3.63, 3.8) is 0 Å². The van der Waals surface area contributed by atoms with Gasteiger partial charge in [-0.05, 0) is 54.3 Å². The van der Waals surface area contributed by atoms with Gasteiger partial charge in [0.1, 0.15) is 23.9 Å². The van der Waals surface area contributed by atoms with Gasteiger partial charge in [-0.1, -0.05) is 26.0 Å². The maximum absolute atomic E-state index is 12.9. The van der Waals surface area contributed by atoms with Crippen LogP contribution >= 0.6 is 0 Å². The van der Waals surface area contributed by atoms with Gasteiger partial charge in [-0.2, -0.15) is 0 Å². The molecular weight excluding hydrogens is 395 g/mol. The van der Waals surface area contributed by atoms with E-state index in [-0.39, 0.29) is 11.7 Å². The highest BCUT2D eigenvalue weighted by Crippen LogP contribution is 2.15. The van der Waals surface area contributed by atoms with E-state index in [9.17, 15) is 9.18 Å². The van der Waals surface area contributed by atoms with Crippen LogP contribution in [0.5, 0.6) is 11.5 Å². The van der Waals surface area contributed by atoms with E-state index in [1.54, 1.807) is 12.1 Å². The summed E-state index contributed by atoms with van der Waals surface area (Å²) in [6.45, 7) is 9.50. The molecule has 1 aliphatic rings. The van der Waals surface area contributed by atoms with E-state index in [2.05, 4.69) is 18.7 Å². The van der Waals surface area contributed by atoms with Gasteiger partial charge in [-0.15, -0.1) is 0 Å². The van der Waals surface area contributed by atoms with Gasteiger partial charge in [-0.3, -0.25) is 9.69 Å². The SMILES string of the molecule is CC(C)COc1ccc(CCC(=O)N2CCN(CCOc3ccc(F)cc3)CC2)cc1. The van der Waals surface area contributed by atoms with Crippen molar-refractivity contribution in [3.8, 4) is 11.5 Å². The van der Waals surface area contributed by atoms with E-state index in [1.807, 2.05) is 29.2 Å². The number of ether oxygens (including phenoxy) is 2. The highest BCUT2D eigenvalue weighted by atomic mass is 19.1. The van der Waals surface area contributed by atoms with E-state index in [1.165, 1.54) is 12.1 Å². The second-order valence-electron chi connectivity index (χ2n) is 8.37. The molecule has 168 valence electrons. The third kappa shape index (κ3) is 7.87.